The van der Waals surface area contributed by atoms with E-state index >= 15 is 0 Å². The lowest BCUT2D eigenvalue weighted by atomic mass is 9.84. The van der Waals surface area contributed by atoms with Gasteiger partial charge < -0.3 is 5.73 Å². The summed E-state index contributed by atoms with van der Waals surface area (Å²) in [6, 6.07) is 4.75. The Morgan fingerprint density at radius 3 is 2.50 bits per heavy atom. The minimum atomic E-state index is -0.502. The van der Waals surface area contributed by atoms with Crippen LogP contribution in [0.5, 0.6) is 0 Å². The standard InChI is InChI=1S/C11H16N2O/c1-11(2,3)10(12)9(14)8-6-4-5-7-13-8/h4-7,10H,12H2,1-3H3/t10-/m1/s1. The molecule has 3 nitrogen and oxygen atoms in total. The van der Waals surface area contributed by atoms with Crippen LogP contribution in [0.4, 0.5) is 0 Å². The van der Waals surface area contributed by atoms with E-state index in [1.165, 1.54) is 0 Å². The van der Waals surface area contributed by atoms with Crippen LogP contribution in [-0.2, 0) is 0 Å². The van der Waals surface area contributed by atoms with E-state index in [0.29, 0.717) is 5.69 Å². The summed E-state index contributed by atoms with van der Waals surface area (Å²) in [6.45, 7) is 5.83. The van der Waals surface area contributed by atoms with E-state index in [2.05, 4.69) is 4.98 Å². The van der Waals surface area contributed by atoms with Crippen molar-refractivity contribution in [3.05, 3.63) is 30.1 Å². The summed E-state index contributed by atoms with van der Waals surface area (Å²) in [5.41, 5.74) is 6.05. The molecular weight excluding hydrogens is 176 g/mol. The molecule has 76 valence electrons. The van der Waals surface area contributed by atoms with Gasteiger partial charge >= 0.3 is 0 Å². The Morgan fingerprint density at radius 2 is 2.07 bits per heavy atom. The van der Waals surface area contributed by atoms with Gasteiger partial charge in [0.25, 0.3) is 0 Å². The molecule has 0 spiro atoms. The van der Waals surface area contributed by atoms with Crippen molar-refractivity contribution >= 4 is 5.78 Å². The van der Waals surface area contributed by atoms with Gasteiger partial charge in [-0.25, -0.2) is 0 Å². The average Bonchev–Trinajstić information content (AvgIpc) is 2.15. The Morgan fingerprint density at radius 1 is 1.43 bits per heavy atom. The maximum absolute atomic E-state index is 11.8. The number of aromatic nitrogens is 1. The third-order valence-electron chi connectivity index (χ3n) is 2.13. The number of hydrogen-bond acceptors (Lipinski definition) is 3. The van der Waals surface area contributed by atoms with Crippen LogP contribution in [0.2, 0.25) is 0 Å². The number of carbonyl (C=O) groups excluding carboxylic acids is 1. The van der Waals surface area contributed by atoms with Crippen molar-refractivity contribution < 1.29 is 4.79 Å². The zero-order chi connectivity index (χ0) is 10.8. The normalized spacial score (nSPS) is 13.7. The lowest BCUT2D eigenvalue weighted by molar-refractivity contribution is 0.0896. The average molecular weight is 192 g/mol. The van der Waals surface area contributed by atoms with Crippen LogP contribution in [0.1, 0.15) is 31.3 Å². The topological polar surface area (TPSA) is 56.0 Å². The second-order valence-corrected chi connectivity index (χ2v) is 4.42. The maximum Gasteiger partial charge on any atom is 0.198 e. The van der Waals surface area contributed by atoms with Crippen molar-refractivity contribution in [2.75, 3.05) is 0 Å². The Labute approximate surface area is 84.3 Å². The van der Waals surface area contributed by atoms with Crippen LogP contribution >= 0.6 is 0 Å². The summed E-state index contributed by atoms with van der Waals surface area (Å²) in [7, 11) is 0. The first-order valence-corrected chi connectivity index (χ1v) is 4.64. The molecule has 1 atom stereocenters. The lowest BCUT2D eigenvalue weighted by Crippen LogP contribution is -2.42. The number of nitrogens with zero attached hydrogens (tertiary/aromatic N) is 1. The van der Waals surface area contributed by atoms with Crippen molar-refractivity contribution in [2.45, 2.75) is 26.8 Å². The number of nitrogens with two attached hydrogens (primary N) is 1. The first-order chi connectivity index (χ1) is 6.43. The predicted octanol–water partition coefficient (Wildman–Crippen LogP) is 1.64. The van der Waals surface area contributed by atoms with Crippen molar-refractivity contribution in [3.8, 4) is 0 Å². The van der Waals surface area contributed by atoms with Gasteiger partial charge in [0.05, 0.1) is 6.04 Å². The van der Waals surface area contributed by atoms with Gasteiger partial charge in [-0.3, -0.25) is 9.78 Å². The minimum absolute atomic E-state index is 0.0990. The third kappa shape index (κ3) is 2.39. The van der Waals surface area contributed by atoms with Gasteiger partial charge in [0.15, 0.2) is 5.78 Å². The van der Waals surface area contributed by atoms with E-state index in [4.69, 9.17) is 5.73 Å². The smallest absolute Gasteiger partial charge is 0.198 e. The highest BCUT2D eigenvalue weighted by Crippen LogP contribution is 2.19. The fourth-order valence-electron chi connectivity index (χ4n) is 1.06. The van der Waals surface area contributed by atoms with Gasteiger partial charge in [-0.05, 0) is 17.5 Å². The summed E-state index contributed by atoms with van der Waals surface area (Å²) in [6.07, 6.45) is 1.60. The molecule has 0 saturated heterocycles. The molecular formula is C11H16N2O. The molecule has 14 heavy (non-hydrogen) atoms. The molecule has 2 N–H and O–H groups in total. The van der Waals surface area contributed by atoms with Gasteiger partial charge in [-0.2, -0.15) is 0 Å². The molecule has 0 saturated carbocycles. The van der Waals surface area contributed by atoms with Crippen molar-refractivity contribution in [2.24, 2.45) is 11.1 Å². The summed E-state index contributed by atoms with van der Waals surface area (Å²) in [4.78, 5) is 15.8. The van der Waals surface area contributed by atoms with Gasteiger partial charge in [0, 0.05) is 6.20 Å². The maximum atomic E-state index is 11.8. The molecule has 0 aliphatic heterocycles. The Bertz CT molecular complexity index is 314. The van der Waals surface area contributed by atoms with E-state index in [0.717, 1.165) is 0 Å². The largest absolute Gasteiger partial charge is 0.321 e. The molecule has 0 aliphatic rings. The first-order valence-electron chi connectivity index (χ1n) is 4.64. The van der Waals surface area contributed by atoms with Crippen LogP contribution < -0.4 is 5.73 Å². The summed E-state index contributed by atoms with van der Waals surface area (Å²) < 4.78 is 0. The first kappa shape index (κ1) is 10.9. The molecule has 0 fully saturated rings. The quantitative estimate of drug-likeness (QED) is 0.725. The fourth-order valence-corrected chi connectivity index (χ4v) is 1.06. The van der Waals surface area contributed by atoms with E-state index in [1.807, 2.05) is 20.8 Å². The highest BCUT2D eigenvalue weighted by atomic mass is 16.1. The lowest BCUT2D eigenvalue weighted by Gasteiger charge is -2.25. The predicted molar refractivity (Wildman–Crippen MR) is 56.0 cm³/mol. The number of Topliss-reactive ketones (excluding diaryl/α,β-unsaturated/α-hetero) is 1. The Balaban J connectivity index is 2.87. The summed E-state index contributed by atoms with van der Waals surface area (Å²) in [5, 5.41) is 0. The highest BCUT2D eigenvalue weighted by Gasteiger charge is 2.28. The molecule has 1 rings (SSSR count). The SMILES string of the molecule is CC(C)(C)[C@H](N)C(=O)c1ccccn1. The van der Waals surface area contributed by atoms with Gasteiger partial charge in [0.2, 0.25) is 0 Å². The zero-order valence-electron chi connectivity index (χ0n) is 8.82. The molecule has 0 bridgehead atoms. The van der Waals surface area contributed by atoms with Crippen LogP contribution in [0.25, 0.3) is 0 Å². The molecule has 0 amide bonds. The monoisotopic (exact) mass is 192 g/mol. The van der Waals surface area contributed by atoms with E-state index in [1.54, 1.807) is 24.4 Å². The van der Waals surface area contributed by atoms with Crippen molar-refractivity contribution in [1.82, 2.24) is 4.98 Å². The van der Waals surface area contributed by atoms with Gasteiger partial charge in [-0.1, -0.05) is 26.8 Å². The summed E-state index contributed by atoms with van der Waals surface area (Å²) >= 11 is 0. The molecule has 1 aromatic rings. The molecule has 0 radical (unpaired) electrons. The number of rotatable bonds is 2. The second-order valence-electron chi connectivity index (χ2n) is 4.42. The third-order valence-corrected chi connectivity index (χ3v) is 2.13. The van der Waals surface area contributed by atoms with E-state index < -0.39 is 6.04 Å². The molecule has 0 unspecified atom stereocenters. The second kappa shape index (κ2) is 3.88. The van der Waals surface area contributed by atoms with Crippen LogP contribution in [-0.4, -0.2) is 16.8 Å². The van der Waals surface area contributed by atoms with Crippen LogP contribution in [0, 0.1) is 5.41 Å². The van der Waals surface area contributed by atoms with E-state index in [-0.39, 0.29) is 11.2 Å². The fraction of sp³-hybridized carbons (Fsp3) is 0.455. The Kier molecular flexibility index (Phi) is 3.01. The molecule has 1 aromatic heterocycles. The highest BCUT2D eigenvalue weighted by molar-refractivity contribution is 5.98. The molecule has 0 aliphatic carbocycles. The molecule has 0 aromatic carbocycles. The van der Waals surface area contributed by atoms with Crippen LogP contribution in [0.15, 0.2) is 24.4 Å². The zero-order valence-corrected chi connectivity index (χ0v) is 8.82. The number of ketones is 1. The summed E-state index contributed by atoms with van der Waals surface area (Å²) in [5.74, 6) is -0.0990. The number of carbonyl (C=O) groups is 1. The van der Waals surface area contributed by atoms with Crippen LogP contribution in [0.3, 0.4) is 0 Å². The minimum Gasteiger partial charge on any atom is -0.321 e. The van der Waals surface area contributed by atoms with Crippen molar-refractivity contribution in [1.29, 1.82) is 0 Å². The number of pyridine rings is 1. The molecule has 3 heteroatoms. The van der Waals surface area contributed by atoms with Gasteiger partial charge in [0.1, 0.15) is 5.69 Å². The van der Waals surface area contributed by atoms with E-state index in [9.17, 15) is 4.79 Å². The number of hydrogen-bond donors (Lipinski definition) is 1. The molecule has 1 heterocycles. The van der Waals surface area contributed by atoms with Crippen molar-refractivity contribution in [3.63, 3.8) is 0 Å². The Hall–Kier alpha value is -1.22. The van der Waals surface area contributed by atoms with Gasteiger partial charge in [-0.15, -0.1) is 0 Å².